The van der Waals surface area contributed by atoms with E-state index >= 15 is 0 Å². The summed E-state index contributed by atoms with van der Waals surface area (Å²) >= 11 is 0. The molecule has 0 bridgehead atoms. The summed E-state index contributed by atoms with van der Waals surface area (Å²) in [6, 6.07) is 8.14. The number of allylic oxidation sites excluding steroid dienone is 3. The fourth-order valence-electron chi connectivity index (χ4n) is 5.95. The van der Waals surface area contributed by atoms with Crippen molar-refractivity contribution >= 4 is 22.6 Å². The summed E-state index contributed by atoms with van der Waals surface area (Å²) in [6.45, 7) is 6.88. The van der Waals surface area contributed by atoms with Gasteiger partial charge in [-0.05, 0) is 73.6 Å². The summed E-state index contributed by atoms with van der Waals surface area (Å²) in [4.78, 5) is 21.7. The van der Waals surface area contributed by atoms with E-state index in [9.17, 15) is 9.18 Å². The van der Waals surface area contributed by atoms with Crippen molar-refractivity contribution in [2.24, 2.45) is 0 Å². The predicted octanol–water partition coefficient (Wildman–Crippen LogP) is 5.75. The molecule has 1 aromatic carbocycles. The standard InChI is InChI=1S/C29H33FN6O/c1-3-19-6-4-5-7-25(30)24(19)17-35-11-9-22(16-35)36-15-21-13-23-27(14-26(21)32-29(36)37)33-34-28(23)20-8-10-31-18(2)12-20/h4,6,8,10,12-14,22,25H,3,5,7,9,11,15-17H2,1-2H3,(H,32,37)(H,33,34). The van der Waals surface area contributed by atoms with E-state index in [1.165, 1.54) is 0 Å². The average molecular weight is 501 g/mol. The Kier molecular flexibility index (Phi) is 6.28. The number of fused-ring (bicyclic) bond motifs is 2. The number of halogens is 1. The van der Waals surface area contributed by atoms with Crippen molar-refractivity contribution in [2.45, 2.75) is 58.3 Å². The van der Waals surface area contributed by atoms with Crippen molar-refractivity contribution in [2.75, 3.05) is 25.0 Å². The van der Waals surface area contributed by atoms with E-state index in [-0.39, 0.29) is 12.1 Å². The van der Waals surface area contributed by atoms with Crippen LogP contribution in [0.25, 0.3) is 22.2 Å². The van der Waals surface area contributed by atoms with Crippen LogP contribution in [0, 0.1) is 6.92 Å². The number of nitrogens with one attached hydrogen (secondary N) is 2. The zero-order valence-corrected chi connectivity index (χ0v) is 21.4. The third-order valence-corrected chi connectivity index (χ3v) is 7.96. The Hall–Kier alpha value is -3.52. The molecule has 0 spiro atoms. The number of pyridine rings is 1. The van der Waals surface area contributed by atoms with Gasteiger partial charge in [-0.25, -0.2) is 9.18 Å². The third-order valence-electron chi connectivity index (χ3n) is 7.96. The number of aromatic nitrogens is 3. The molecule has 37 heavy (non-hydrogen) atoms. The fraction of sp³-hybridized carbons (Fsp3) is 0.414. The summed E-state index contributed by atoms with van der Waals surface area (Å²) < 4.78 is 14.9. The van der Waals surface area contributed by atoms with Crippen LogP contribution in [0.4, 0.5) is 14.9 Å². The maximum atomic E-state index is 14.9. The molecule has 2 unspecified atom stereocenters. The molecule has 3 aromatic rings. The highest BCUT2D eigenvalue weighted by Gasteiger charge is 2.35. The number of H-pyrrole nitrogens is 1. The third kappa shape index (κ3) is 4.55. The minimum absolute atomic E-state index is 0.0718. The van der Waals surface area contributed by atoms with Gasteiger partial charge in [-0.15, -0.1) is 0 Å². The molecule has 4 heterocycles. The first-order valence-corrected chi connectivity index (χ1v) is 13.3. The van der Waals surface area contributed by atoms with Crippen LogP contribution in [-0.4, -0.2) is 62.9 Å². The SMILES string of the molecule is CCC1=C(CN2CCC(N3Cc4cc5c(-c6ccnc(C)c6)n[nH]c5cc4NC3=O)C2)C(F)CCC=C1. The van der Waals surface area contributed by atoms with Gasteiger partial charge in [0.2, 0.25) is 0 Å². The maximum absolute atomic E-state index is 14.9. The Bertz CT molecular complexity index is 1410. The highest BCUT2D eigenvalue weighted by Crippen LogP contribution is 2.35. The number of aryl methyl sites for hydroxylation is 1. The second-order valence-electron chi connectivity index (χ2n) is 10.4. The molecule has 2 N–H and O–H groups in total. The monoisotopic (exact) mass is 500 g/mol. The second-order valence-corrected chi connectivity index (χ2v) is 10.4. The van der Waals surface area contributed by atoms with Crippen LogP contribution in [-0.2, 0) is 6.54 Å². The van der Waals surface area contributed by atoms with Crippen molar-refractivity contribution in [1.82, 2.24) is 25.0 Å². The van der Waals surface area contributed by atoms with E-state index in [1.807, 2.05) is 30.0 Å². The topological polar surface area (TPSA) is 77.2 Å². The molecule has 3 aliphatic rings. The Labute approximate surface area is 216 Å². The smallest absolute Gasteiger partial charge is 0.316 e. The number of urea groups is 1. The Morgan fingerprint density at radius 3 is 2.95 bits per heavy atom. The van der Waals surface area contributed by atoms with Gasteiger partial charge in [0.25, 0.3) is 0 Å². The molecule has 1 aliphatic carbocycles. The van der Waals surface area contributed by atoms with E-state index < -0.39 is 6.17 Å². The van der Waals surface area contributed by atoms with E-state index in [1.54, 1.807) is 6.20 Å². The molecule has 2 atom stereocenters. The van der Waals surface area contributed by atoms with Gasteiger partial charge in [0, 0.05) is 60.7 Å². The van der Waals surface area contributed by atoms with Gasteiger partial charge in [0.1, 0.15) is 11.9 Å². The van der Waals surface area contributed by atoms with Crippen molar-refractivity contribution < 1.29 is 9.18 Å². The van der Waals surface area contributed by atoms with E-state index in [2.05, 4.69) is 50.5 Å². The number of aromatic amines is 1. The lowest BCUT2D eigenvalue weighted by Crippen LogP contribution is -2.46. The minimum Gasteiger partial charge on any atom is -0.316 e. The van der Waals surface area contributed by atoms with Crippen LogP contribution in [0.5, 0.6) is 0 Å². The average Bonchev–Trinajstić information content (AvgIpc) is 3.48. The number of nitrogens with zero attached hydrogens (tertiary/aromatic N) is 4. The summed E-state index contributed by atoms with van der Waals surface area (Å²) in [7, 11) is 0. The number of amides is 2. The Balaban J connectivity index is 1.22. The molecule has 1 saturated heterocycles. The molecular formula is C29H33FN6O. The van der Waals surface area contributed by atoms with Crippen LogP contribution < -0.4 is 5.32 Å². The molecule has 1 fully saturated rings. The predicted molar refractivity (Wildman–Crippen MR) is 144 cm³/mol. The highest BCUT2D eigenvalue weighted by atomic mass is 19.1. The lowest BCUT2D eigenvalue weighted by molar-refractivity contribution is 0.180. The van der Waals surface area contributed by atoms with Gasteiger partial charge in [0.15, 0.2) is 0 Å². The number of alkyl halides is 1. The molecule has 2 amide bonds. The molecular weight excluding hydrogens is 467 g/mol. The number of hydrogen-bond donors (Lipinski definition) is 2. The minimum atomic E-state index is -0.884. The highest BCUT2D eigenvalue weighted by molar-refractivity contribution is 6.00. The lowest BCUT2D eigenvalue weighted by atomic mass is 10.0. The number of carbonyl (C=O) groups excluding carboxylic acids is 1. The van der Waals surface area contributed by atoms with Gasteiger partial charge in [0.05, 0.1) is 5.52 Å². The largest absolute Gasteiger partial charge is 0.322 e. The van der Waals surface area contributed by atoms with Gasteiger partial charge in [-0.2, -0.15) is 5.10 Å². The van der Waals surface area contributed by atoms with Crippen molar-refractivity contribution in [3.63, 3.8) is 0 Å². The number of rotatable bonds is 5. The molecule has 2 aliphatic heterocycles. The van der Waals surface area contributed by atoms with Gasteiger partial charge >= 0.3 is 6.03 Å². The van der Waals surface area contributed by atoms with E-state index in [4.69, 9.17) is 0 Å². The zero-order chi connectivity index (χ0) is 25.5. The fourth-order valence-corrected chi connectivity index (χ4v) is 5.95. The summed E-state index contributed by atoms with van der Waals surface area (Å²) in [6.07, 6.45) is 8.20. The quantitative estimate of drug-likeness (QED) is 0.468. The van der Waals surface area contributed by atoms with Crippen LogP contribution in [0.15, 0.2) is 53.8 Å². The molecule has 192 valence electrons. The normalized spacial score (nSPS) is 22.5. The molecule has 0 saturated carbocycles. The van der Waals surface area contributed by atoms with E-state index in [0.717, 1.165) is 82.6 Å². The maximum Gasteiger partial charge on any atom is 0.322 e. The Morgan fingerprint density at radius 1 is 1.22 bits per heavy atom. The van der Waals surface area contributed by atoms with Gasteiger partial charge in [-0.1, -0.05) is 19.1 Å². The van der Waals surface area contributed by atoms with Crippen molar-refractivity contribution in [3.05, 3.63) is 65.0 Å². The van der Waals surface area contributed by atoms with E-state index in [0.29, 0.717) is 19.5 Å². The first-order chi connectivity index (χ1) is 18.0. The van der Waals surface area contributed by atoms with Crippen LogP contribution >= 0.6 is 0 Å². The van der Waals surface area contributed by atoms with Crippen LogP contribution in [0.3, 0.4) is 0 Å². The number of anilines is 1. The summed E-state index contributed by atoms with van der Waals surface area (Å²) in [5.74, 6) is 0. The molecule has 0 radical (unpaired) electrons. The number of carbonyl (C=O) groups is 1. The number of hydrogen-bond acceptors (Lipinski definition) is 4. The summed E-state index contributed by atoms with van der Waals surface area (Å²) in [5, 5.41) is 11.8. The second kappa shape index (κ2) is 9.74. The number of likely N-dealkylation sites (tertiary alicyclic amines) is 1. The first-order valence-electron chi connectivity index (χ1n) is 13.3. The van der Waals surface area contributed by atoms with Crippen molar-refractivity contribution in [3.8, 4) is 11.3 Å². The van der Waals surface area contributed by atoms with Crippen molar-refractivity contribution in [1.29, 1.82) is 0 Å². The first kappa shape index (κ1) is 23.9. The number of benzene rings is 1. The molecule has 7 nitrogen and oxygen atoms in total. The Morgan fingerprint density at radius 2 is 2.11 bits per heavy atom. The van der Waals surface area contributed by atoms with Crippen LogP contribution in [0.1, 0.15) is 43.9 Å². The van der Waals surface area contributed by atoms with Gasteiger partial charge < -0.3 is 10.2 Å². The van der Waals surface area contributed by atoms with Gasteiger partial charge in [-0.3, -0.25) is 15.0 Å². The lowest BCUT2D eigenvalue weighted by Gasteiger charge is -2.34. The summed E-state index contributed by atoms with van der Waals surface area (Å²) in [5.41, 5.74) is 7.69. The molecule has 2 aromatic heterocycles. The molecule has 6 rings (SSSR count). The molecule has 8 heteroatoms. The zero-order valence-electron chi connectivity index (χ0n) is 21.4. The van der Waals surface area contributed by atoms with Crippen LogP contribution in [0.2, 0.25) is 0 Å².